The molecule has 0 unspecified atom stereocenters. The lowest BCUT2D eigenvalue weighted by molar-refractivity contribution is -0.331. The molecule has 0 amide bonds. The first-order valence-electron chi connectivity index (χ1n) is 7.92. The highest BCUT2D eigenvalue weighted by Gasteiger charge is 2.47. The number of hydrogen-bond acceptors (Lipinski definition) is 7. The van der Waals surface area contributed by atoms with Crippen LogP contribution in [-0.2, 0) is 15.5 Å². The first-order valence-corrected chi connectivity index (χ1v) is 9.07. The summed E-state index contributed by atoms with van der Waals surface area (Å²) in [5.74, 6) is -2.17. The molecule has 0 bridgehead atoms. The van der Waals surface area contributed by atoms with Crippen molar-refractivity contribution in [3.63, 3.8) is 0 Å². The highest BCUT2D eigenvalue weighted by atomic mass is 32.2. The molecule has 1 heterocycles. The summed E-state index contributed by atoms with van der Waals surface area (Å²) in [4.78, 5) is 1.69. The number of ether oxygens (including phenoxy) is 1. The zero-order valence-corrected chi connectivity index (χ0v) is 14.7. The molecule has 0 spiro atoms. The van der Waals surface area contributed by atoms with Gasteiger partial charge in [0.2, 0.25) is 5.79 Å². The maximum absolute atomic E-state index is 12.0. The van der Waals surface area contributed by atoms with Gasteiger partial charge in [0.15, 0.2) is 0 Å². The van der Waals surface area contributed by atoms with Gasteiger partial charge in [0.05, 0.1) is 24.0 Å². The molecule has 8 heteroatoms. The maximum atomic E-state index is 12.0. The van der Waals surface area contributed by atoms with Gasteiger partial charge in [-0.1, -0.05) is 36.4 Å². The Hall–Kier alpha value is -1.65. The van der Waals surface area contributed by atoms with E-state index in [4.69, 9.17) is 20.4 Å². The fraction of sp³-hybridized carbons (Fsp3) is 0.333. The van der Waals surface area contributed by atoms with E-state index in [1.165, 1.54) is 0 Å². The van der Waals surface area contributed by atoms with Crippen molar-refractivity contribution in [1.29, 1.82) is 0 Å². The lowest BCUT2D eigenvalue weighted by atomic mass is 9.98. The van der Waals surface area contributed by atoms with Crippen molar-refractivity contribution < 1.29 is 34.5 Å². The number of aliphatic hydroxyl groups is 5. The molecule has 2 aromatic carbocycles. The van der Waals surface area contributed by atoms with Crippen LogP contribution in [-0.4, -0.2) is 67.1 Å². The van der Waals surface area contributed by atoms with Crippen molar-refractivity contribution in [2.24, 2.45) is 0 Å². The molecule has 0 radical (unpaired) electrons. The predicted molar refractivity (Wildman–Crippen MR) is 93.6 cm³/mol. The molecule has 0 aromatic heterocycles. The Bertz CT molecular complexity index is 656. The van der Waals surface area contributed by atoms with E-state index in [0.717, 1.165) is 9.79 Å². The first kappa shape index (κ1) is 20.7. The van der Waals surface area contributed by atoms with Crippen molar-refractivity contribution in [2.75, 3.05) is 13.2 Å². The lowest BCUT2D eigenvalue weighted by Gasteiger charge is -2.40. The second-order valence-electron chi connectivity index (χ2n) is 5.71. The normalized spacial score (nSPS) is 28.3. The van der Waals surface area contributed by atoms with Crippen LogP contribution in [0.2, 0.25) is 0 Å². The van der Waals surface area contributed by atoms with E-state index in [0.29, 0.717) is 0 Å². The van der Waals surface area contributed by atoms with Crippen LogP contribution in [0.5, 0.6) is 0 Å². The molecule has 5 N–H and O–H groups in total. The van der Waals surface area contributed by atoms with Crippen LogP contribution in [0, 0.1) is 0 Å². The molecular weight excluding hydrogens is 360 g/mol. The molecule has 0 saturated carbocycles. The van der Waals surface area contributed by atoms with Gasteiger partial charge in [0.1, 0.15) is 18.3 Å². The highest BCUT2D eigenvalue weighted by Crippen LogP contribution is 2.23. The molecule has 1 aliphatic heterocycles. The molecule has 4 atom stereocenters. The number of hydrogen-bond donors (Lipinski definition) is 5. The topological polar surface area (TPSA) is 127 Å². The van der Waals surface area contributed by atoms with E-state index < -0.39 is 41.5 Å². The van der Waals surface area contributed by atoms with Crippen LogP contribution in [0.25, 0.3) is 0 Å². The monoisotopic (exact) mass is 382 g/mol. The zero-order valence-electron chi connectivity index (χ0n) is 13.9. The van der Waals surface area contributed by atoms with E-state index in [-0.39, 0.29) is 6.61 Å². The molecule has 7 nitrogen and oxygen atoms in total. The summed E-state index contributed by atoms with van der Waals surface area (Å²) in [5.41, 5.74) is 0. The second-order valence-corrected chi connectivity index (χ2v) is 7.19. The summed E-state index contributed by atoms with van der Waals surface area (Å²) in [6.07, 6.45) is -4.45. The molecule has 142 valence electrons. The smallest absolute Gasteiger partial charge is 0.218 e. The lowest BCUT2D eigenvalue weighted by Crippen LogP contribution is -2.62. The average Bonchev–Trinajstić information content (AvgIpc) is 2.71. The van der Waals surface area contributed by atoms with Gasteiger partial charge < -0.3 is 30.3 Å². The molecule has 1 fully saturated rings. The molecule has 26 heavy (non-hydrogen) atoms. The average molecular weight is 382 g/mol. The van der Waals surface area contributed by atoms with Crippen LogP contribution >= 0.6 is 0 Å². The maximum Gasteiger partial charge on any atom is 0.218 e. The summed E-state index contributed by atoms with van der Waals surface area (Å²) in [5, 5.41) is 45.0. The zero-order chi connectivity index (χ0) is 19.2. The molecule has 1 saturated heterocycles. The first-order chi connectivity index (χ1) is 12.4. The third-order valence-electron chi connectivity index (χ3n) is 3.83. The quantitative estimate of drug-likeness (QED) is 0.490. The molecule has 3 rings (SSSR count). The van der Waals surface area contributed by atoms with Gasteiger partial charge in [-0.05, 0) is 24.3 Å². The summed E-state index contributed by atoms with van der Waals surface area (Å²) in [6, 6.07) is 19.0. The van der Waals surface area contributed by atoms with Crippen molar-refractivity contribution in [3.8, 4) is 0 Å². The Labute approximate surface area is 153 Å². The fourth-order valence-corrected chi connectivity index (χ4v) is 3.34. The van der Waals surface area contributed by atoms with Crippen LogP contribution in [0.15, 0.2) is 70.5 Å². The third kappa shape index (κ3) is 4.95. The summed E-state index contributed by atoms with van der Waals surface area (Å²) in [6.45, 7) is -1.16. The van der Waals surface area contributed by atoms with Crippen LogP contribution in [0.4, 0.5) is 0 Å². The van der Waals surface area contributed by atoms with Crippen molar-refractivity contribution in [3.05, 3.63) is 60.7 Å². The van der Waals surface area contributed by atoms with E-state index in [9.17, 15) is 9.32 Å². The second kappa shape index (κ2) is 9.33. The van der Waals surface area contributed by atoms with Crippen LogP contribution in [0.1, 0.15) is 0 Å². The Balaban J connectivity index is 0.000000190. The minimum atomic E-state index is -2.17. The number of benzene rings is 2. The largest absolute Gasteiger partial charge is 0.391 e. The predicted octanol–water partition coefficient (Wildman–Crippen LogP) is -0.367. The van der Waals surface area contributed by atoms with Crippen molar-refractivity contribution in [1.82, 2.24) is 0 Å². The van der Waals surface area contributed by atoms with Crippen LogP contribution in [0.3, 0.4) is 0 Å². The van der Waals surface area contributed by atoms with E-state index in [1.54, 1.807) is 0 Å². The Morgan fingerprint density at radius 2 is 1.42 bits per heavy atom. The van der Waals surface area contributed by atoms with E-state index >= 15 is 0 Å². The van der Waals surface area contributed by atoms with Gasteiger partial charge in [0, 0.05) is 9.79 Å². The highest BCUT2D eigenvalue weighted by molar-refractivity contribution is 7.85. The molecule has 1 aliphatic rings. The molecular formula is C18H22O7S. The molecule has 0 aliphatic carbocycles. The van der Waals surface area contributed by atoms with Gasteiger partial charge in [-0.2, -0.15) is 0 Å². The standard InChI is InChI=1S/C12H10OS.C6H12O6/c13-14(11-7-3-1-4-8-11)12-9-5-2-6-10-12;7-2-6(11)5(10)4(9)3(8)1-12-6/h1-10H;3-5,7-11H,1-2H2/t;3-,4-,5+,6+/m.1/s1. The van der Waals surface area contributed by atoms with Crippen LogP contribution < -0.4 is 0 Å². The Morgan fingerprint density at radius 1 is 0.962 bits per heavy atom. The van der Waals surface area contributed by atoms with Crippen molar-refractivity contribution in [2.45, 2.75) is 33.9 Å². The summed E-state index contributed by atoms with van der Waals surface area (Å²) >= 11 is 0. The fourth-order valence-electron chi connectivity index (χ4n) is 2.25. The minimum Gasteiger partial charge on any atom is -0.391 e. The third-order valence-corrected chi connectivity index (χ3v) is 5.23. The number of aliphatic hydroxyl groups excluding tert-OH is 4. The van der Waals surface area contributed by atoms with Crippen molar-refractivity contribution >= 4 is 10.8 Å². The van der Waals surface area contributed by atoms with Gasteiger partial charge in [-0.3, -0.25) is 0 Å². The minimum absolute atomic E-state index is 0.324. The van der Waals surface area contributed by atoms with Gasteiger partial charge in [0.25, 0.3) is 0 Å². The number of rotatable bonds is 3. The van der Waals surface area contributed by atoms with Gasteiger partial charge in [-0.25, -0.2) is 4.21 Å². The Kier molecular flexibility index (Phi) is 7.42. The summed E-state index contributed by atoms with van der Waals surface area (Å²) < 4.78 is 16.5. The van der Waals surface area contributed by atoms with E-state index in [1.807, 2.05) is 60.7 Å². The SMILES string of the molecule is O=S(c1ccccc1)c1ccccc1.OC[C@]1(O)OC[C@@H](O)[C@@H](O)[C@@H]1O. The Morgan fingerprint density at radius 3 is 1.85 bits per heavy atom. The summed E-state index contributed by atoms with van der Waals surface area (Å²) in [7, 11) is -1.05. The molecule has 2 aromatic rings. The van der Waals surface area contributed by atoms with E-state index in [2.05, 4.69) is 4.74 Å². The van der Waals surface area contributed by atoms with Gasteiger partial charge in [-0.15, -0.1) is 0 Å². The van der Waals surface area contributed by atoms with Gasteiger partial charge >= 0.3 is 0 Å².